The summed E-state index contributed by atoms with van der Waals surface area (Å²) in [6.07, 6.45) is 41.8. The van der Waals surface area contributed by atoms with Crippen LogP contribution in [0.15, 0.2) is 0 Å². The molecule has 0 bridgehead atoms. The Labute approximate surface area is 505 Å². The Morgan fingerprint density at radius 3 is 0.819 bits per heavy atom. The highest BCUT2D eigenvalue weighted by atomic mass is 31.2. The van der Waals surface area contributed by atoms with Gasteiger partial charge in [-0.1, -0.05) is 272 Å². The van der Waals surface area contributed by atoms with Crippen molar-refractivity contribution in [3.05, 3.63) is 0 Å². The SMILES string of the molecule is CCCCCCCCCCCCCCCC(=O)OC[C@H](COP(=O)(O)OC[C@@H](O)COP(=O)(O)OC[C@@H](COC(=O)CCCCCCCCC)OC(=O)CCCCCCCCCC(C)C)OC(=O)CCCCCCCCCCCCCCC. The molecule has 17 nitrogen and oxygen atoms in total. The number of unbranched alkanes of at least 4 members (excludes halogenated alkanes) is 36. The lowest BCUT2D eigenvalue weighted by molar-refractivity contribution is -0.161. The summed E-state index contributed by atoms with van der Waals surface area (Å²) < 4.78 is 67.9. The lowest BCUT2D eigenvalue weighted by Gasteiger charge is -2.21. The predicted octanol–water partition coefficient (Wildman–Crippen LogP) is 17.8. The molecule has 3 N–H and O–H groups in total. The number of hydrogen-bond acceptors (Lipinski definition) is 15. The fraction of sp³-hybridized carbons (Fsp3) is 0.938. The fourth-order valence-electron chi connectivity index (χ4n) is 9.58. The molecule has 0 saturated heterocycles. The van der Waals surface area contributed by atoms with Crippen LogP contribution in [-0.4, -0.2) is 96.7 Å². The molecule has 0 radical (unpaired) electrons. The highest BCUT2D eigenvalue weighted by molar-refractivity contribution is 7.47. The monoisotopic (exact) mass is 1230 g/mol. The fourth-order valence-corrected chi connectivity index (χ4v) is 11.2. The number of ether oxygens (including phenoxy) is 4. The smallest absolute Gasteiger partial charge is 0.462 e. The van der Waals surface area contributed by atoms with E-state index in [1.807, 2.05) is 0 Å². The third-order valence-electron chi connectivity index (χ3n) is 14.8. The van der Waals surface area contributed by atoms with Crippen LogP contribution in [0.4, 0.5) is 0 Å². The van der Waals surface area contributed by atoms with Crippen LogP contribution in [-0.2, 0) is 65.4 Å². The van der Waals surface area contributed by atoms with E-state index >= 15 is 0 Å². The summed E-state index contributed by atoms with van der Waals surface area (Å²) in [5.74, 6) is -1.44. The average molecular weight is 1230 g/mol. The number of phosphoric acid groups is 2. The predicted molar refractivity (Wildman–Crippen MR) is 331 cm³/mol. The number of carbonyl (C=O) groups excluding carboxylic acids is 4. The van der Waals surface area contributed by atoms with Crippen molar-refractivity contribution in [2.45, 2.75) is 342 Å². The highest BCUT2D eigenvalue weighted by Crippen LogP contribution is 2.45. The molecule has 0 amide bonds. The van der Waals surface area contributed by atoms with Crippen LogP contribution in [0.1, 0.15) is 324 Å². The molecule has 0 spiro atoms. The van der Waals surface area contributed by atoms with Gasteiger partial charge in [0.2, 0.25) is 0 Å². The third kappa shape index (κ3) is 58.8. The van der Waals surface area contributed by atoms with Crippen LogP contribution in [0.5, 0.6) is 0 Å². The maximum absolute atomic E-state index is 13.0. The van der Waals surface area contributed by atoms with Crippen molar-refractivity contribution in [1.82, 2.24) is 0 Å². The minimum absolute atomic E-state index is 0.103. The molecule has 19 heteroatoms. The molecular weight excluding hydrogens is 1100 g/mol. The van der Waals surface area contributed by atoms with Crippen LogP contribution < -0.4 is 0 Å². The molecule has 0 rings (SSSR count). The van der Waals surface area contributed by atoms with Crippen LogP contribution in [0.2, 0.25) is 0 Å². The number of aliphatic hydroxyl groups is 1. The molecule has 0 aliphatic rings. The van der Waals surface area contributed by atoms with Crippen molar-refractivity contribution in [3.63, 3.8) is 0 Å². The Morgan fingerprint density at radius 2 is 0.554 bits per heavy atom. The van der Waals surface area contributed by atoms with E-state index in [1.165, 1.54) is 135 Å². The first-order valence-corrected chi connectivity index (χ1v) is 36.6. The van der Waals surface area contributed by atoms with Crippen molar-refractivity contribution < 1.29 is 80.2 Å². The molecule has 0 aliphatic heterocycles. The maximum Gasteiger partial charge on any atom is 0.472 e. The Bertz CT molecular complexity index is 1620. The first-order valence-electron chi connectivity index (χ1n) is 33.6. The summed E-state index contributed by atoms with van der Waals surface area (Å²) in [5, 5.41) is 10.5. The number of esters is 4. The lowest BCUT2D eigenvalue weighted by Crippen LogP contribution is -2.30. The van der Waals surface area contributed by atoms with E-state index in [2.05, 4.69) is 34.6 Å². The van der Waals surface area contributed by atoms with Crippen LogP contribution in [0.25, 0.3) is 0 Å². The van der Waals surface area contributed by atoms with Gasteiger partial charge in [-0.15, -0.1) is 0 Å². The second-order valence-electron chi connectivity index (χ2n) is 23.6. The topological polar surface area (TPSA) is 237 Å². The Balaban J connectivity index is 5.21. The first kappa shape index (κ1) is 81.1. The van der Waals surface area contributed by atoms with E-state index in [1.54, 1.807) is 0 Å². The molecule has 0 fully saturated rings. The second kappa shape index (κ2) is 57.8. The summed E-state index contributed by atoms with van der Waals surface area (Å²) in [6, 6.07) is 0. The van der Waals surface area contributed by atoms with Crippen molar-refractivity contribution >= 4 is 39.5 Å². The van der Waals surface area contributed by atoms with Gasteiger partial charge in [0.05, 0.1) is 26.4 Å². The molecule has 0 aromatic carbocycles. The molecule has 492 valence electrons. The molecule has 0 heterocycles. The van der Waals surface area contributed by atoms with Crippen molar-refractivity contribution in [2.75, 3.05) is 39.6 Å². The minimum atomic E-state index is -4.94. The van der Waals surface area contributed by atoms with Crippen LogP contribution in [0, 0.1) is 5.92 Å². The number of aliphatic hydroxyl groups excluding tert-OH is 1. The zero-order chi connectivity index (χ0) is 61.3. The van der Waals surface area contributed by atoms with Crippen molar-refractivity contribution in [1.29, 1.82) is 0 Å². The quantitative estimate of drug-likeness (QED) is 0.0222. The van der Waals surface area contributed by atoms with E-state index < -0.39 is 97.5 Å². The normalized spacial score (nSPS) is 14.2. The van der Waals surface area contributed by atoms with E-state index in [-0.39, 0.29) is 25.7 Å². The average Bonchev–Trinajstić information content (AvgIpc) is 3.50. The lowest BCUT2D eigenvalue weighted by atomic mass is 10.0. The van der Waals surface area contributed by atoms with Crippen LogP contribution in [0.3, 0.4) is 0 Å². The van der Waals surface area contributed by atoms with Gasteiger partial charge in [-0.2, -0.15) is 0 Å². The second-order valence-corrected chi connectivity index (χ2v) is 26.5. The standard InChI is InChI=1S/C64H124O17P2/c1-6-9-12-15-18-20-22-24-26-28-33-38-43-48-62(67)75-54-60(80-63(68)49-44-39-34-29-27-25-23-21-19-16-13-10-7-2)56-79-83(72,73)77-52-58(65)51-76-82(70,71)78-55-59(53-74-61(66)47-42-37-31-17-14-11-8-3)81-64(69)50-45-40-35-30-32-36-41-46-57(4)5/h57-60,65H,6-56H2,1-5H3,(H,70,71)(H,72,73)/t58-,59+,60+/m0/s1. The van der Waals surface area contributed by atoms with Gasteiger partial charge in [0.1, 0.15) is 19.3 Å². The van der Waals surface area contributed by atoms with Gasteiger partial charge in [-0.25, -0.2) is 9.13 Å². The van der Waals surface area contributed by atoms with Gasteiger partial charge in [0.25, 0.3) is 0 Å². The molecule has 0 aromatic rings. The number of rotatable bonds is 64. The van der Waals surface area contributed by atoms with Gasteiger partial charge in [-0.05, 0) is 31.6 Å². The maximum atomic E-state index is 13.0. The van der Waals surface area contributed by atoms with Gasteiger partial charge >= 0.3 is 39.5 Å². The van der Waals surface area contributed by atoms with Gasteiger partial charge in [0, 0.05) is 25.7 Å². The van der Waals surface area contributed by atoms with E-state index in [0.717, 1.165) is 103 Å². The van der Waals surface area contributed by atoms with E-state index in [9.17, 15) is 43.2 Å². The number of carbonyl (C=O) groups is 4. The third-order valence-corrected chi connectivity index (χ3v) is 16.7. The van der Waals surface area contributed by atoms with Crippen molar-refractivity contribution in [3.8, 4) is 0 Å². The summed E-state index contributed by atoms with van der Waals surface area (Å²) in [5.41, 5.74) is 0. The summed E-state index contributed by atoms with van der Waals surface area (Å²) in [4.78, 5) is 72.1. The molecule has 0 aromatic heterocycles. The molecule has 0 saturated carbocycles. The first-order chi connectivity index (χ1) is 40.0. The molecular formula is C64H124O17P2. The van der Waals surface area contributed by atoms with E-state index in [4.69, 9.17) is 37.0 Å². The molecule has 83 heavy (non-hydrogen) atoms. The van der Waals surface area contributed by atoms with Gasteiger partial charge < -0.3 is 33.8 Å². The Morgan fingerprint density at radius 1 is 0.325 bits per heavy atom. The summed E-state index contributed by atoms with van der Waals surface area (Å²) in [6.45, 7) is 7.10. The number of hydrogen-bond donors (Lipinski definition) is 3. The molecule has 5 atom stereocenters. The van der Waals surface area contributed by atoms with Gasteiger partial charge in [0.15, 0.2) is 12.2 Å². The zero-order valence-electron chi connectivity index (χ0n) is 53.3. The van der Waals surface area contributed by atoms with Gasteiger partial charge in [-0.3, -0.25) is 37.3 Å². The summed E-state index contributed by atoms with van der Waals surface area (Å²) >= 11 is 0. The van der Waals surface area contributed by atoms with Crippen molar-refractivity contribution in [2.24, 2.45) is 5.92 Å². The zero-order valence-corrected chi connectivity index (χ0v) is 55.1. The van der Waals surface area contributed by atoms with Crippen LogP contribution >= 0.6 is 15.6 Å². The summed E-state index contributed by atoms with van der Waals surface area (Å²) in [7, 11) is -9.88. The Kier molecular flexibility index (Phi) is 56.4. The van der Waals surface area contributed by atoms with E-state index in [0.29, 0.717) is 31.6 Å². The molecule has 2 unspecified atom stereocenters. The molecule has 0 aliphatic carbocycles. The largest absolute Gasteiger partial charge is 0.472 e. The number of phosphoric ester groups is 2. The Hall–Kier alpha value is -1.94. The minimum Gasteiger partial charge on any atom is -0.462 e. The highest BCUT2D eigenvalue weighted by Gasteiger charge is 2.30.